The number of hydrogen-bond donors (Lipinski definition) is 1. The second-order valence-corrected chi connectivity index (χ2v) is 7.86. The Kier molecular flexibility index (Phi) is 8.15. The maximum absolute atomic E-state index is 6.01. The number of guanidine groups is 1. The van der Waals surface area contributed by atoms with Crippen LogP contribution in [0.5, 0.6) is 5.75 Å². The highest BCUT2D eigenvalue weighted by molar-refractivity contribution is 5.80. The van der Waals surface area contributed by atoms with E-state index in [1.807, 2.05) is 12.1 Å². The Hall–Kier alpha value is -1.83. The molecule has 0 aromatic heterocycles. The molecule has 0 saturated carbocycles. The summed E-state index contributed by atoms with van der Waals surface area (Å²) in [7, 11) is 5.89. The predicted molar refractivity (Wildman–Crippen MR) is 116 cm³/mol. The highest BCUT2D eigenvalue weighted by atomic mass is 16.5. The van der Waals surface area contributed by atoms with E-state index in [-0.39, 0.29) is 18.2 Å². The molecule has 1 N–H and O–H groups in total. The highest BCUT2D eigenvalue weighted by Gasteiger charge is 2.32. The van der Waals surface area contributed by atoms with Gasteiger partial charge in [-0.05, 0) is 51.6 Å². The number of benzene rings is 1. The van der Waals surface area contributed by atoms with E-state index in [0.29, 0.717) is 13.2 Å². The Labute approximate surface area is 175 Å². The van der Waals surface area contributed by atoms with Crippen LogP contribution in [0.1, 0.15) is 31.4 Å². The van der Waals surface area contributed by atoms with Crippen molar-refractivity contribution >= 4 is 5.96 Å². The zero-order chi connectivity index (χ0) is 20.6. The van der Waals surface area contributed by atoms with Crippen molar-refractivity contribution in [2.75, 3.05) is 60.6 Å². The van der Waals surface area contributed by atoms with Crippen LogP contribution in [0.15, 0.2) is 29.3 Å². The molecular formula is C22H36N4O3. The molecule has 7 heteroatoms. The van der Waals surface area contributed by atoms with Crippen LogP contribution >= 0.6 is 0 Å². The average Bonchev–Trinajstić information content (AvgIpc) is 3.28. The molecular weight excluding hydrogens is 368 g/mol. The number of nitrogens with one attached hydrogen (secondary N) is 1. The molecule has 2 aliphatic rings. The van der Waals surface area contributed by atoms with Gasteiger partial charge in [-0.1, -0.05) is 12.1 Å². The molecule has 0 aliphatic carbocycles. The molecule has 3 unspecified atom stereocenters. The predicted octanol–water partition coefficient (Wildman–Crippen LogP) is 2.14. The minimum absolute atomic E-state index is 0.123. The summed E-state index contributed by atoms with van der Waals surface area (Å²) in [5.74, 6) is 1.83. The third kappa shape index (κ3) is 5.84. The number of methoxy groups -OCH3 is 1. The fraction of sp³-hybridized carbons (Fsp3) is 0.682. The van der Waals surface area contributed by atoms with Gasteiger partial charge in [0.05, 0.1) is 32.4 Å². The Morgan fingerprint density at radius 2 is 2.14 bits per heavy atom. The first-order valence-electron chi connectivity index (χ1n) is 10.7. The fourth-order valence-corrected chi connectivity index (χ4v) is 4.00. The topological polar surface area (TPSA) is 58.6 Å². The monoisotopic (exact) mass is 404 g/mol. The summed E-state index contributed by atoms with van der Waals surface area (Å²) in [4.78, 5) is 9.53. The first kappa shape index (κ1) is 21.9. The lowest BCUT2D eigenvalue weighted by Gasteiger charge is -2.37. The molecule has 2 saturated heterocycles. The van der Waals surface area contributed by atoms with Crippen LogP contribution in [0.25, 0.3) is 0 Å². The van der Waals surface area contributed by atoms with Gasteiger partial charge in [0.25, 0.3) is 0 Å². The van der Waals surface area contributed by atoms with Crippen LogP contribution in [-0.4, -0.2) is 88.6 Å². The first-order valence-corrected chi connectivity index (χ1v) is 10.7. The van der Waals surface area contributed by atoms with Gasteiger partial charge < -0.3 is 29.3 Å². The lowest BCUT2D eigenvalue weighted by atomic mass is 10.1. The van der Waals surface area contributed by atoms with Gasteiger partial charge in [-0.25, -0.2) is 0 Å². The van der Waals surface area contributed by atoms with Gasteiger partial charge in [0, 0.05) is 26.2 Å². The minimum Gasteiger partial charge on any atom is -0.497 e. The van der Waals surface area contributed by atoms with E-state index in [4.69, 9.17) is 19.2 Å². The molecule has 2 fully saturated rings. The largest absolute Gasteiger partial charge is 0.497 e. The number of ether oxygens (including phenoxy) is 3. The molecule has 162 valence electrons. The average molecular weight is 405 g/mol. The van der Waals surface area contributed by atoms with Crippen LogP contribution in [0.4, 0.5) is 0 Å². The van der Waals surface area contributed by atoms with E-state index < -0.39 is 0 Å². The molecule has 2 heterocycles. The molecule has 0 amide bonds. The molecule has 7 nitrogen and oxygen atoms in total. The van der Waals surface area contributed by atoms with E-state index >= 15 is 0 Å². The van der Waals surface area contributed by atoms with Gasteiger partial charge in [0.15, 0.2) is 5.96 Å². The van der Waals surface area contributed by atoms with Crippen LogP contribution < -0.4 is 10.1 Å². The molecule has 1 aromatic carbocycles. The molecule has 3 rings (SSSR count). The van der Waals surface area contributed by atoms with Crippen molar-refractivity contribution in [3.63, 3.8) is 0 Å². The van der Waals surface area contributed by atoms with Gasteiger partial charge in [-0.3, -0.25) is 4.99 Å². The summed E-state index contributed by atoms with van der Waals surface area (Å²) in [6.07, 6.45) is 2.55. The smallest absolute Gasteiger partial charge is 0.194 e. The minimum atomic E-state index is 0.123. The van der Waals surface area contributed by atoms with Crippen LogP contribution in [-0.2, 0) is 9.47 Å². The van der Waals surface area contributed by atoms with Crippen molar-refractivity contribution in [1.82, 2.24) is 15.1 Å². The second kappa shape index (κ2) is 10.8. The number of aliphatic imine (C=N–C) groups is 1. The quantitative estimate of drug-likeness (QED) is 0.555. The molecule has 29 heavy (non-hydrogen) atoms. The van der Waals surface area contributed by atoms with E-state index in [2.05, 4.69) is 48.3 Å². The summed E-state index contributed by atoms with van der Waals surface area (Å²) in [5, 5.41) is 3.47. The van der Waals surface area contributed by atoms with Gasteiger partial charge in [0.2, 0.25) is 0 Å². The number of rotatable bonds is 7. The van der Waals surface area contributed by atoms with Crippen LogP contribution in [0, 0.1) is 0 Å². The van der Waals surface area contributed by atoms with E-state index in [1.54, 1.807) is 7.11 Å². The Bertz CT molecular complexity index is 661. The van der Waals surface area contributed by atoms with Gasteiger partial charge in [0.1, 0.15) is 11.9 Å². The fourth-order valence-electron chi connectivity index (χ4n) is 4.00. The second-order valence-electron chi connectivity index (χ2n) is 7.86. The lowest BCUT2D eigenvalue weighted by molar-refractivity contribution is -0.0817. The number of likely N-dealkylation sites (N-methyl/N-ethyl adjacent to an activating group) is 1. The Morgan fingerprint density at radius 3 is 2.83 bits per heavy atom. The zero-order valence-electron chi connectivity index (χ0n) is 18.3. The third-order valence-corrected chi connectivity index (χ3v) is 5.62. The van der Waals surface area contributed by atoms with E-state index in [0.717, 1.165) is 50.8 Å². The van der Waals surface area contributed by atoms with E-state index in [1.165, 1.54) is 5.56 Å². The van der Waals surface area contributed by atoms with Gasteiger partial charge >= 0.3 is 0 Å². The highest BCUT2D eigenvalue weighted by Crippen LogP contribution is 2.24. The van der Waals surface area contributed by atoms with Crippen LogP contribution in [0.3, 0.4) is 0 Å². The summed E-state index contributed by atoms with van der Waals surface area (Å²) >= 11 is 0. The molecule has 3 atom stereocenters. The summed E-state index contributed by atoms with van der Waals surface area (Å²) < 4.78 is 17.3. The summed E-state index contributed by atoms with van der Waals surface area (Å²) in [5.41, 5.74) is 1.20. The SMILES string of the molecule is CCNC(=NCC(c1cccc(OC)c1)N(C)C)N1CCOC(C2CCCO2)C1. The standard InChI is InChI=1S/C22H36N4O3/c1-5-23-22(26-11-13-29-21(16-26)20-10-7-12-28-20)24-15-19(25(2)3)17-8-6-9-18(14-17)27-4/h6,8-9,14,19-21H,5,7,10-13,15-16H2,1-4H3,(H,23,24). The van der Waals surface area contributed by atoms with Crippen molar-refractivity contribution in [1.29, 1.82) is 0 Å². The maximum atomic E-state index is 6.01. The van der Waals surface area contributed by atoms with Gasteiger partial charge in [-0.2, -0.15) is 0 Å². The normalized spacial score (nSPS) is 24.0. The Morgan fingerprint density at radius 1 is 1.31 bits per heavy atom. The van der Waals surface area contributed by atoms with Crippen molar-refractivity contribution in [3.05, 3.63) is 29.8 Å². The zero-order valence-corrected chi connectivity index (χ0v) is 18.3. The molecule has 2 aliphatic heterocycles. The van der Waals surface area contributed by atoms with Crippen LogP contribution in [0.2, 0.25) is 0 Å². The van der Waals surface area contributed by atoms with Crippen molar-refractivity contribution in [2.45, 2.75) is 38.0 Å². The number of morpholine rings is 1. The molecule has 0 bridgehead atoms. The molecule has 0 spiro atoms. The Balaban J connectivity index is 1.72. The summed E-state index contributed by atoms with van der Waals surface area (Å²) in [6.45, 7) is 6.85. The van der Waals surface area contributed by atoms with Crippen molar-refractivity contribution in [3.8, 4) is 5.75 Å². The maximum Gasteiger partial charge on any atom is 0.194 e. The number of nitrogens with zero attached hydrogens (tertiary/aromatic N) is 3. The van der Waals surface area contributed by atoms with E-state index in [9.17, 15) is 0 Å². The van der Waals surface area contributed by atoms with Crippen molar-refractivity contribution < 1.29 is 14.2 Å². The lowest BCUT2D eigenvalue weighted by Crippen LogP contribution is -2.53. The first-order chi connectivity index (χ1) is 14.1. The molecule has 1 aromatic rings. The number of hydrogen-bond acceptors (Lipinski definition) is 5. The van der Waals surface area contributed by atoms with Crippen molar-refractivity contribution in [2.24, 2.45) is 4.99 Å². The van der Waals surface area contributed by atoms with Gasteiger partial charge in [-0.15, -0.1) is 0 Å². The molecule has 0 radical (unpaired) electrons. The summed E-state index contributed by atoms with van der Waals surface area (Å²) in [6, 6.07) is 8.41. The third-order valence-electron chi connectivity index (χ3n) is 5.62.